The van der Waals surface area contributed by atoms with Gasteiger partial charge < -0.3 is 16.2 Å². The number of amides is 1. The van der Waals surface area contributed by atoms with Crippen molar-refractivity contribution < 1.29 is 14.7 Å². The summed E-state index contributed by atoms with van der Waals surface area (Å²) in [5, 5.41) is 12.2. The fourth-order valence-electron chi connectivity index (χ4n) is 2.39. The third-order valence-electron chi connectivity index (χ3n) is 4.03. The summed E-state index contributed by atoms with van der Waals surface area (Å²) in [5.41, 5.74) is 4.91. The van der Waals surface area contributed by atoms with Gasteiger partial charge in [-0.1, -0.05) is 26.7 Å². The number of rotatable bonds is 4. The van der Waals surface area contributed by atoms with Gasteiger partial charge in [-0.05, 0) is 25.7 Å². The first-order chi connectivity index (χ1) is 8.29. The summed E-state index contributed by atoms with van der Waals surface area (Å²) in [4.78, 5) is 23.3. The highest BCUT2D eigenvalue weighted by molar-refractivity contribution is 5.83. The van der Waals surface area contributed by atoms with Gasteiger partial charge in [-0.2, -0.15) is 0 Å². The maximum Gasteiger partial charge on any atom is 0.311 e. The number of hydrogen-bond acceptors (Lipinski definition) is 3. The molecule has 1 rings (SSSR count). The van der Waals surface area contributed by atoms with Gasteiger partial charge in [0.2, 0.25) is 5.91 Å². The lowest BCUT2D eigenvalue weighted by Crippen LogP contribution is -2.56. The second-order valence-corrected chi connectivity index (χ2v) is 5.80. The molecule has 2 unspecified atom stereocenters. The molecule has 0 bridgehead atoms. The number of hydrogen-bond donors (Lipinski definition) is 3. The van der Waals surface area contributed by atoms with Crippen LogP contribution in [0.4, 0.5) is 0 Å². The number of carboxylic acids is 1. The van der Waals surface area contributed by atoms with E-state index < -0.39 is 17.4 Å². The number of aliphatic carboxylic acids is 1. The van der Waals surface area contributed by atoms with Gasteiger partial charge in [0.05, 0.1) is 11.5 Å². The van der Waals surface area contributed by atoms with E-state index in [4.69, 9.17) is 5.73 Å². The van der Waals surface area contributed by atoms with Crippen LogP contribution in [0.3, 0.4) is 0 Å². The highest BCUT2D eigenvalue weighted by Crippen LogP contribution is 2.36. The summed E-state index contributed by atoms with van der Waals surface area (Å²) >= 11 is 0. The third-order valence-corrected chi connectivity index (χ3v) is 4.03. The molecule has 1 saturated carbocycles. The number of carbonyl (C=O) groups excluding carboxylic acids is 1. The Morgan fingerprint density at radius 3 is 2.50 bits per heavy atom. The first kappa shape index (κ1) is 15.0. The summed E-state index contributed by atoms with van der Waals surface area (Å²) in [6.45, 7) is 5.46. The van der Waals surface area contributed by atoms with Gasteiger partial charge >= 0.3 is 5.97 Å². The average molecular weight is 256 g/mol. The van der Waals surface area contributed by atoms with Crippen molar-refractivity contribution in [2.24, 2.45) is 17.1 Å². The quantitative estimate of drug-likeness (QED) is 0.702. The van der Waals surface area contributed by atoms with Gasteiger partial charge in [-0.15, -0.1) is 0 Å². The lowest BCUT2D eigenvalue weighted by Gasteiger charge is -2.39. The van der Waals surface area contributed by atoms with Crippen molar-refractivity contribution in [3.63, 3.8) is 0 Å². The number of nitrogens with one attached hydrogen (secondary N) is 1. The Kier molecular flexibility index (Phi) is 4.73. The van der Waals surface area contributed by atoms with Gasteiger partial charge in [-0.25, -0.2) is 0 Å². The summed E-state index contributed by atoms with van der Waals surface area (Å²) < 4.78 is 0. The molecule has 5 nitrogen and oxygen atoms in total. The zero-order valence-electron chi connectivity index (χ0n) is 11.4. The molecule has 0 aromatic rings. The van der Waals surface area contributed by atoms with Gasteiger partial charge in [0.1, 0.15) is 0 Å². The zero-order chi connectivity index (χ0) is 13.9. The highest BCUT2D eigenvalue weighted by atomic mass is 16.4. The van der Waals surface area contributed by atoms with Crippen LogP contribution < -0.4 is 11.1 Å². The second kappa shape index (κ2) is 5.69. The van der Waals surface area contributed by atoms with E-state index >= 15 is 0 Å². The summed E-state index contributed by atoms with van der Waals surface area (Å²) in [5.74, 6) is -1.04. The molecule has 0 heterocycles. The first-order valence-electron chi connectivity index (χ1n) is 6.58. The summed E-state index contributed by atoms with van der Waals surface area (Å²) in [6.07, 6.45) is 3.15. The predicted molar refractivity (Wildman–Crippen MR) is 69.0 cm³/mol. The minimum atomic E-state index is -0.870. The predicted octanol–water partition coefficient (Wildman–Crippen LogP) is 1.12. The lowest BCUT2D eigenvalue weighted by molar-refractivity contribution is -0.152. The van der Waals surface area contributed by atoms with Gasteiger partial charge in [0.25, 0.3) is 0 Å². The van der Waals surface area contributed by atoms with E-state index in [1.165, 1.54) is 0 Å². The molecule has 4 N–H and O–H groups in total. The molecule has 1 aliphatic carbocycles. The largest absolute Gasteiger partial charge is 0.481 e. The van der Waals surface area contributed by atoms with E-state index in [0.29, 0.717) is 12.8 Å². The van der Waals surface area contributed by atoms with Crippen molar-refractivity contribution in [2.45, 2.75) is 58.5 Å². The molecular weight excluding hydrogens is 232 g/mol. The zero-order valence-corrected chi connectivity index (χ0v) is 11.4. The fraction of sp³-hybridized carbons (Fsp3) is 0.846. The molecular formula is C13H24N2O3. The fourth-order valence-corrected chi connectivity index (χ4v) is 2.39. The van der Waals surface area contributed by atoms with Crippen LogP contribution in [0.15, 0.2) is 0 Å². The van der Waals surface area contributed by atoms with Crippen molar-refractivity contribution in [2.75, 3.05) is 0 Å². The van der Waals surface area contributed by atoms with Crippen LogP contribution >= 0.6 is 0 Å². The molecule has 0 radical (unpaired) electrons. The van der Waals surface area contributed by atoms with Crippen molar-refractivity contribution in [1.29, 1.82) is 0 Å². The minimum absolute atomic E-state index is 0.0460. The lowest BCUT2D eigenvalue weighted by atomic mass is 9.71. The van der Waals surface area contributed by atoms with Crippen molar-refractivity contribution in [1.82, 2.24) is 5.32 Å². The molecule has 0 spiro atoms. The maximum atomic E-state index is 11.9. The molecule has 1 fully saturated rings. The van der Waals surface area contributed by atoms with Crippen molar-refractivity contribution >= 4 is 11.9 Å². The smallest absolute Gasteiger partial charge is 0.311 e. The van der Waals surface area contributed by atoms with Crippen LogP contribution in [0, 0.1) is 11.3 Å². The average Bonchev–Trinajstić information content (AvgIpc) is 2.30. The Bertz CT molecular complexity index is 330. The molecule has 0 saturated heterocycles. The molecule has 0 aromatic carbocycles. The Labute approximate surface area is 108 Å². The standard InChI is InChI=1S/C13H24N2O3/c1-8(2)10(14)11(16)15-9-6-4-5-7-13(9,3)12(17)18/h8-10H,4-7,14H2,1-3H3,(H,15,16)(H,17,18)/t9?,10-,13?/m0/s1. The minimum Gasteiger partial charge on any atom is -0.481 e. The highest BCUT2D eigenvalue weighted by Gasteiger charge is 2.44. The van der Waals surface area contributed by atoms with Crippen molar-refractivity contribution in [3.05, 3.63) is 0 Å². The van der Waals surface area contributed by atoms with Crippen LogP contribution in [-0.4, -0.2) is 29.1 Å². The molecule has 5 heteroatoms. The monoisotopic (exact) mass is 256 g/mol. The molecule has 3 atom stereocenters. The summed E-state index contributed by atoms with van der Waals surface area (Å²) in [6, 6.07) is -0.897. The van der Waals surface area contributed by atoms with Crippen LogP contribution in [-0.2, 0) is 9.59 Å². The van der Waals surface area contributed by atoms with Crippen molar-refractivity contribution in [3.8, 4) is 0 Å². The molecule has 104 valence electrons. The number of nitrogens with two attached hydrogens (primary N) is 1. The van der Waals surface area contributed by atoms with E-state index in [-0.39, 0.29) is 17.9 Å². The molecule has 0 aliphatic heterocycles. The first-order valence-corrected chi connectivity index (χ1v) is 6.58. The molecule has 18 heavy (non-hydrogen) atoms. The molecule has 1 amide bonds. The van der Waals surface area contributed by atoms with Crippen LogP contribution in [0.2, 0.25) is 0 Å². The SMILES string of the molecule is CC(C)[C@H](N)C(=O)NC1CCCCC1(C)C(=O)O. The van der Waals surface area contributed by atoms with Crippen LogP contribution in [0.1, 0.15) is 46.5 Å². The van der Waals surface area contributed by atoms with E-state index in [0.717, 1.165) is 12.8 Å². The number of carbonyl (C=O) groups is 2. The van der Waals surface area contributed by atoms with Gasteiger partial charge in [-0.3, -0.25) is 9.59 Å². The van der Waals surface area contributed by atoms with E-state index in [2.05, 4.69) is 5.32 Å². The number of carboxylic acid groups (broad SMARTS) is 1. The summed E-state index contributed by atoms with van der Waals surface area (Å²) in [7, 11) is 0. The van der Waals surface area contributed by atoms with Gasteiger partial charge in [0.15, 0.2) is 0 Å². The normalized spacial score (nSPS) is 29.9. The van der Waals surface area contributed by atoms with Gasteiger partial charge in [0, 0.05) is 6.04 Å². The van der Waals surface area contributed by atoms with Crippen LogP contribution in [0.25, 0.3) is 0 Å². The Morgan fingerprint density at radius 1 is 1.39 bits per heavy atom. The Balaban J connectivity index is 2.74. The van der Waals surface area contributed by atoms with E-state index in [1.807, 2.05) is 13.8 Å². The topological polar surface area (TPSA) is 92.4 Å². The third kappa shape index (κ3) is 3.02. The Hall–Kier alpha value is -1.10. The Morgan fingerprint density at radius 2 is 2.00 bits per heavy atom. The second-order valence-electron chi connectivity index (χ2n) is 5.80. The van der Waals surface area contributed by atoms with E-state index in [1.54, 1.807) is 6.92 Å². The molecule has 1 aliphatic rings. The van der Waals surface area contributed by atoms with Crippen LogP contribution in [0.5, 0.6) is 0 Å². The van der Waals surface area contributed by atoms with E-state index in [9.17, 15) is 14.7 Å². The maximum absolute atomic E-state index is 11.9. The molecule has 0 aromatic heterocycles.